The van der Waals surface area contributed by atoms with Gasteiger partial charge in [-0.25, -0.2) is 13.1 Å². The highest BCUT2D eigenvalue weighted by atomic mass is 32.2. The molecular formula is C19H28N2O5S. The molecule has 3 atom stereocenters. The van der Waals surface area contributed by atoms with Crippen molar-refractivity contribution in [2.24, 2.45) is 5.92 Å². The molecule has 0 radical (unpaired) electrons. The molecule has 150 valence electrons. The summed E-state index contributed by atoms with van der Waals surface area (Å²) in [6, 6.07) is 6.68. The third-order valence-corrected chi connectivity index (χ3v) is 6.83. The minimum atomic E-state index is -3.55. The SMILES string of the molecule is Cc1ccccc1S(=O)(=O)NCC[C@H]1CC[C@H](NC(=O)C2CC2)[C@H](CO)O1. The van der Waals surface area contributed by atoms with Crippen LogP contribution in [0.3, 0.4) is 0 Å². The molecule has 7 nitrogen and oxygen atoms in total. The average molecular weight is 397 g/mol. The van der Waals surface area contributed by atoms with E-state index in [9.17, 15) is 18.3 Å². The molecule has 2 fully saturated rings. The van der Waals surface area contributed by atoms with Crippen molar-refractivity contribution in [2.75, 3.05) is 13.2 Å². The normalized spacial score (nSPS) is 25.9. The van der Waals surface area contributed by atoms with E-state index < -0.39 is 16.1 Å². The molecule has 1 aromatic carbocycles. The van der Waals surface area contributed by atoms with Crippen LogP contribution in [0.4, 0.5) is 0 Å². The molecule has 1 amide bonds. The Balaban J connectivity index is 1.48. The number of carbonyl (C=O) groups is 1. The Bertz CT molecular complexity index is 763. The summed E-state index contributed by atoms with van der Waals surface area (Å²) < 4.78 is 33.4. The highest BCUT2D eigenvalue weighted by Crippen LogP contribution is 2.30. The van der Waals surface area contributed by atoms with Crippen molar-refractivity contribution in [2.45, 2.75) is 62.2 Å². The van der Waals surface area contributed by atoms with E-state index in [1.807, 2.05) is 0 Å². The quantitative estimate of drug-likeness (QED) is 0.610. The molecule has 8 heteroatoms. The lowest BCUT2D eigenvalue weighted by Gasteiger charge is -2.36. The zero-order chi connectivity index (χ0) is 19.4. The molecule has 3 N–H and O–H groups in total. The number of sulfonamides is 1. The third kappa shape index (κ3) is 5.28. The van der Waals surface area contributed by atoms with E-state index >= 15 is 0 Å². The Kier molecular flexibility index (Phi) is 6.52. The average Bonchev–Trinajstić information content (AvgIpc) is 3.48. The third-order valence-electron chi connectivity index (χ3n) is 5.21. The Morgan fingerprint density at radius 1 is 1.22 bits per heavy atom. The van der Waals surface area contributed by atoms with Crippen molar-refractivity contribution in [1.82, 2.24) is 10.0 Å². The first-order valence-electron chi connectivity index (χ1n) is 9.52. The summed E-state index contributed by atoms with van der Waals surface area (Å²) in [6.45, 7) is 1.86. The number of aliphatic hydroxyl groups is 1. The van der Waals surface area contributed by atoms with Crippen molar-refractivity contribution in [3.8, 4) is 0 Å². The lowest BCUT2D eigenvalue weighted by molar-refractivity contribution is -0.129. The molecule has 2 aliphatic rings. The van der Waals surface area contributed by atoms with Gasteiger partial charge in [-0.05, 0) is 50.7 Å². The maximum atomic E-state index is 12.4. The fourth-order valence-corrected chi connectivity index (χ4v) is 4.74. The second-order valence-electron chi connectivity index (χ2n) is 7.40. The summed E-state index contributed by atoms with van der Waals surface area (Å²) in [4.78, 5) is 12.2. The Morgan fingerprint density at radius 3 is 2.63 bits per heavy atom. The Labute approximate surface area is 160 Å². The molecule has 1 heterocycles. The van der Waals surface area contributed by atoms with Crippen LogP contribution in [0.5, 0.6) is 0 Å². The van der Waals surface area contributed by atoms with Gasteiger partial charge in [0, 0.05) is 12.5 Å². The fraction of sp³-hybridized carbons (Fsp3) is 0.632. The van der Waals surface area contributed by atoms with E-state index in [4.69, 9.17) is 4.74 Å². The van der Waals surface area contributed by atoms with E-state index in [2.05, 4.69) is 10.0 Å². The number of benzene rings is 1. The number of aryl methyl sites for hydroxylation is 1. The maximum absolute atomic E-state index is 12.4. The number of hydrogen-bond acceptors (Lipinski definition) is 5. The molecule has 0 bridgehead atoms. The highest BCUT2D eigenvalue weighted by Gasteiger charge is 2.36. The lowest BCUT2D eigenvalue weighted by Crippen LogP contribution is -2.51. The van der Waals surface area contributed by atoms with Gasteiger partial charge in [0.25, 0.3) is 0 Å². The molecular weight excluding hydrogens is 368 g/mol. The van der Waals surface area contributed by atoms with Crippen molar-refractivity contribution < 1.29 is 23.1 Å². The van der Waals surface area contributed by atoms with E-state index in [0.717, 1.165) is 25.7 Å². The second-order valence-corrected chi connectivity index (χ2v) is 9.13. The molecule has 1 aliphatic carbocycles. The first-order valence-corrected chi connectivity index (χ1v) is 11.0. The first kappa shape index (κ1) is 20.3. The molecule has 1 saturated carbocycles. The molecule has 1 aliphatic heterocycles. The lowest BCUT2D eigenvalue weighted by atomic mass is 9.97. The van der Waals surface area contributed by atoms with Gasteiger partial charge in [-0.3, -0.25) is 4.79 Å². The van der Waals surface area contributed by atoms with Crippen LogP contribution in [-0.2, 0) is 19.6 Å². The standard InChI is InChI=1S/C19H28N2O5S/c1-13-4-2-3-5-18(13)27(24,25)20-11-10-15-8-9-16(17(12-22)26-15)21-19(23)14-6-7-14/h2-5,14-17,20,22H,6-12H2,1H3,(H,21,23)/t15-,16+,17+/m1/s1. The predicted molar refractivity (Wildman–Crippen MR) is 101 cm³/mol. The van der Waals surface area contributed by atoms with Crippen LogP contribution in [-0.4, -0.2) is 50.8 Å². The summed E-state index contributed by atoms with van der Waals surface area (Å²) >= 11 is 0. The number of nitrogens with one attached hydrogen (secondary N) is 2. The van der Waals surface area contributed by atoms with Crippen LogP contribution in [0.25, 0.3) is 0 Å². The van der Waals surface area contributed by atoms with Gasteiger partial charge in [-0.1, -0.05) is 18.2 Å². The van der Waals surface area contributed by atoms with Crippen molar-refractivity contribution in [3.63, 3.8) is 0 Å². The number of aliphatic hydroxyl groups excluding tert-OH is 1. The number of carbonyl (C=O) groups excluding carboxylic acids is 1. The molecule has 3 rings (SSSR count). The summed E-state index contributed by atoms with van der Waals surface area (Å²) in [5.74, 6) is 0.171. The zero-order valence-corrected chi connectivity index (χ0v) is 16.4. The van der Waals surface area contributed by atoms with E-state index in [1.165, 1.54) is 0 Å². The molecule has 1 aromatic rings. The number of amides is 1. The monoisotopic (exact) mass is 396 g/mol. The number of rotatable bonds is 8. The maximum Gasteiger partial charge on any atom is 0.240 e. The first-order chi connectivity index (χ1) is 12.9. The smallest absolute Gasteiger partial charge is 0.240 e. The van der Waals surface area contributed by atoms with Gasteiger partial charge in [0.2, 0.25) is 15.9 Å². The molecule has 1 saturated heterocycles. The summed E-state index contributed by atoms with van der Waals surface area (Å²) in [5, 5.41) is 12.6. The van der Waals surface area contributed by atoms with E-state index in [0.29, 0.717) is 12.0 Å². The predicted octanol–water partition coefficient (Wildman–Crippen LogP) is 1.10. The van der Waals surface area contributed by atoms with Gasteiger partial charge in [0.05, 0.1) is 23.6 Å². The van der Waals surface area contributed by atoms with Crippen LogP contribution in [0, 0.1) is 12.8 Å². The van der Waals surface area contributed by atoms with Gasteiger partial charge < -0.3 is 15.2 Å². The van der Waals surface area contributed by atoms with Crippen LogP contribution >= 0.6 is 0 Å². The Morgan fingerprint density at radius 2 is 1.96 bits per heavy atom. The fourth-order valence-electron chi connectivity index (χ4n) is 3.45. The van der Waals surface area contributed by atoms with Gasteiger partial charge in [-0.2, -0.15) is 0 Å². The van der Waals surface area contributed by atoms with Crippen LogP contribution in [0.15, 0.2) is 29.2 Å². The van der Waals surface area contributed by atoms with Crippen LogP contribution in [0.1, 0.15) is 37.7 Å². The summed E-state index contributed by atoms with van der Waals surface area (Å²) in [7, 11) is -3.55. The van der Waals surface area contributed by atoms with Crippen molar-refractivity contribution in [1.29, 1.82) is 0 Å². The minimum Gasteiger partial charge on any atom is -0.394 e. The second kappa shape index (κ2) is 8.68. The zero-order valence-electron chi connectivity index (χ0n) is 15.6. The Hall–Kier alpha value is -1.48. The van der Waals surface area contributed by atoms with E-state index in [-0.39, 0.29) is 42.0 Å². The van der Waals surface area contributed by atoms with Gasteiger partial charge in [0.1, 0.15) is 6.10 Å². The van der Waals surface area contributed by atoms with Gasteiger partial charge in [0.15, 0.2) is 0 Å². The van der Waals surface area contributed by atoms with E-state index in [1.54, 1.807) is 31.2 Å². The molecule has 0 aromatic heterocycles. The molecule has 0 spiro atoms. The number of hydrogen-bond donors (Lipinski definition) is 3. The highest BCUT2D eigenvalue weighted by molar-refractivity contribution is 7.89. The van der Waals surface area contributed by atoms with Gasteiger partial charge >= 0.3 is 0 Å². The van der Waals surface area contributed by atoms with Gasteiger partial charge in [-0.15, -0.1) is 0 Å². The van der Waals surface area contributed by atoms with Crippen molar-refractivity contribution in [3.05, 3.63) is 29.8 Å². The topological polar surface area (TPSA) is 105 Å². The summed E-state index contributed by atoms with van der Waals surface area (Å²) in [5.41, 5.74) is 0.702. The van der Waals surface area contributed by atoms with Crippen LogP contribution in [0.2, 0.25) is 0 Å². The minimum absolute atomic E-state index is 0.0477. The summed E-state index contributed by atoms with van der Waals surface area (Å²) in [6.07, 6.45) is 3.25. The molecule has 27 heavy (non-hydrogen) atoms. The van der Waals surface area contributed by atoms with Crippen LogP contribution < -0.4 is 10.0 Å². The van der Waals surface area contributed by atoms with Crippen molar-refractivity contribution >= 4 is 15.9 Å². The molecule has 0 unspecified atom stereocenters. The number of ether oxygens (including phenoxy) is 1. The largest absolute Gasteiger partial charge is 0.394 e.